The lowest BCUT2D eigenvalue weighted by Gasteiger charge is -2.18. The quantitative estimate of drug-likeness (QED) is 0.0261. The van der Waals surface area contributed by atoms with Crippen molar-refractivity contribution in [1.29, 1.82) is 0 Å². The minimum Gasteiger partial charge on any atom is -0.462 e. The van der Waals surface area contributed by atoms with Crippen molar-refractivity contribution in [2.24, 2.45) is 0 Å². The van der Waals surface area contributed by atoms with Crippen molar-refractivity contribution < 1.29 is 28.6 Å². The van der Waals surface area contributed by atoms with E-state index in [1.165, 1.54) is 122 Å². The van der Waals surface area contributed by atoms with Crippen LogP contribution < -0.4 is 0 Å². The maximum atomic E-state index is 12.9. The molecule has 0 fully saturated rings. The third-order valence-electron chi connectivity index (χ3n) is 13.6. The lowest BCUT2D eigenvalue weighted by Crippen LogP contribution is -2.30. The summed E-state index contributed by atoms with van der Waals surface area (Å²) in [5.41, 5.74) is 0. The monoisotopic (exact) mass is 1090 g/mol. The van der Waals surface area contributed by atoms with Gasteiger partial charge in [-0.1, -0.05) is 276 Å². The summed E-state index contributed by atoms with van der Waals surface area (Å²) in [5, 5.41) is 0. The molecule has 1 unspecified atom stereocenters. The van der Waals surface area contributed by atoms with Gasteiger partial charge >= 0.3 is 17.9 Å². The number of carbonyl (C=O) groups excluding carboxylic acids is 3. The van der Waals surface area contributed by atoms with Crippen LogP contribution in [0.3, 0.4) is 0 Å². The van der Waals surface area contributed by atoms with Crippen LogP contribution in [0.15, 0.2) is 134 Å². The van der Waals surface area contributed by atoms with E-state index in [0.29, 0.717) is 19.3 Å². The van der Waals surface area contributed by atoms with Crippen molar-refractivity contribution in [3.05, 3.63) is 134 Å². The largest absolute Gasteiger partial charge is 0.462 e. The second-order valence-corrected chi connectivity index (χ2v) is 21.3. The number of hydrogen-bond acceptors (Lipinski definition) is 6. The van der Waals surface area contributed by atoms with Crippen molar-refractivity contribution in [3.8, 4) is 0 Å². The van der Waals surface area contributed by atoms with E-state index in [0.717, 1.165) is 122 Å². The molecule has 6 nitrogen and oxygen atoms in total. The summed E-state index contributed by atoms with van der Waals surface area (Å²) in [4.78, 5) is 38.3. The second-order valence-electron chi connectivity index (χ2n) is 21.3. The molecule has 0 bridgehead atoms. The van der Waals surface area contributed by atoms with Crippen LogP contribution in [0.5, 0.6) is 0 Å². The van der Waals surface area contributed by atoms with Gasteiger partial charge in [0.05, 0.1) is 0 Å². The fourth-order valence-corrected chi connectivity index (χ4v) is 8.79. The Kier molecular flexibility index (Phi) is 62.3. The number of rotatable bonds is 58. The lowest BCUT2D eigenvalue weighted by atomic mass is 10.0. The van der Waals surface area contributed by atoms with Gasteiger partial charge in [0.15, 0.2) is 6.10 Å². The Hall–Kier alpha value is -4.45. The van der Waals surface area contributed by atoms with Gasteiger partial charge in [-0.05, 0) is 128 Å². The van der Waals surface area contributed by atoms with Crippen molar-refractivity contribution in [3.63, 3.8) is 0 Å². The zero-order valence-electron chi connectivity index (χ0n) is 51.3. The zero-order chi connectivity index (χ0) is 57.1. The van der Waals surface area contributed by atoms with E-state index >= 15 is 0 Å². The van der Waals surface area contributed by atoms with Gasteiger partial charge in [0, 0.05) is 19.3 Å². The SMILES string of the molecule is CC/C=C\C/C=C\C/C=C\C/C=C\C/C=C\CCCCCCCCCCCCCCCC(=O)OCC(COC(=O)CCCCCCC/C=C\CCCCCCCC)OC(=O)CCC/C=C\C/C=C\C/C=C\C/C=C\C/C=C\CC. The first-order chi connectivity index (χ1) is 39.0. The highest BCUT2D eigenvalue weighted by atomic mass is 16.6. The summed E-state index contributed by atoms with van der Waals surface area (Å²) in [7, 11) is 0. The van der Waals surface area contributed by atoms with E-state index in [-0.39, 0.29) is 37.5 Å². The Balaban J connectivity index is 4.36. The molecule has 0 aliphatic carbocycles. The van der Waals surface area contributed by atoms with E-state index in [9.17, 15) is 14.4 Å². The Bertz CT molecular complexity index is 1680. The van der Waals surface area contributed by atoms with Crippen molar-refractivity contribution in [1.82, 2.24) is 0 Å². The molecule has 0 rings (SSSR count). The number of unbranched alkanes of at least 4 members (excludes halogenated alkanes) is 25. The van der Waals surface area contributed by atoms with Gasteiger partial charge < -0.3 is 14.2 Å². The van der Waals surface area contributed by atoms with Crippen molar-refractivity contribution in [2.45, 2.75) is 297 Å². The molecule has 448 valence electrons. The number of ether oxygens (including phenoxy) is 3. The molecule has 79 heavy (non-hydrogen) atoms. The molecule has 0 saturated carbocycles. The number of hydrogen-bond donors (Lipinski definition) is 0. The van der Waals surface area contributed by atoms with Gasteiger partial charge in [0.25, 0.3) is 0 Å². The molecule has 0 aromatic heterocycles. The fourth-order valence-electron chi connectivity index (χ4n) is 8.79. The van der Waals surface area contributed by atoms with E-state index in [2.05, 4.69) is 154 Å². The molecule has 0 aliphatic rings. The third kappa shape index (κ3) is 64.3. The van der Waals surface area contributed by atoms with E-state index < -0.39 is 6.10 Å². The molecule has 6 heteroatoms. The van der Waals surface area contributed by atoms with Gasteiger partial charge in [-0.25, -0.2) is 0 Å². The van der Waals surface area contributed by atoms with Crippen LogP contribution in [0.2, 0.25) is 0 Å². The normalized spacial score (nSPS) is 13.0. The topological polar surface area (TPSA) is 78.9 Å². The molecule has 1 atom stereocenters. The third-order valence-corrected chi connectivity index (χ3v) is 13.6. The highest BCUT2D eigenvalue weighted by Crippen LogP contribution is 2.16. The summed E-state index contributed by atoms with van der Waals surface area (Å²) in [5.74, 6) is -0.971. The van der Waals surface area contributed by atoms with Crippen LogP contribution in [-0.4, -0.2) is 37.2 Å². The first kappa shape index (κ1) is 74.5. The molecule has 0 N–H and O–H groups in total. The van der Waals surface area contributed by atoms with Crippen LogP contribution in [0.25, 0.3) is 0 Å². The molecule has 0 saturated heterocycles. The molecule has 0 aliphatic heterocycles. The van der Waals surface area contributed by atoms with Crippen LogP contribution in [0.4, 0.5) is 0 Å². The van der Waals surface area contributed by atoms with Gasteiger partial charge in [-0.15, -0.1) is 0 Å². The predicted octanol–water partition coefficient (Wildman–Crippen LogP) is 22.5. The van der Waals surface area contributed by atoms with Crippen molar-refractivity contribution in [2.75, 3.05) is 13.2 Å². The zero-order valence-corrected chi connectivity index (χ0v) is 51.3. The van der Waals surface area contributed by atoms with Gasteiger partial charge in [-0.3, -0.25) is 14.4 Å². The molecule has 0 radical (unpaired) electrons. The minimum atomic E-state index is -0.816. The Morgan fingerprint density at radius 1 is 0.266 bits per heavy atom. The number of allylic oxidation sites excluding steroid dienone is 22. The molecular formula is C73H120O6. The van der Waals surface area contributed by atoms with Crippen LogP contribution >= 0.6 is 0 Å². The Morgan fingerprint density at radius 2 is 0.506 bits per heavy atom. The van der Waals surface area contributed by atoms with E-state index in [4.69, 9.17) is 14.2 Å². The molecule has 0 aromatic carbocycles. The van der Waals surface area contributed by atoms with E-state index in [1.807, 2.05) is 0 Å². The summed E-state index contributed by atoms with van der Waals surface area (Å²) < 4.78 is 16.9. The van der Waals surface area contributed by atoms with Crippen LogP contribution in [0, 0.1) is 0 Å². The average molecular weight is 1090 g/mol. The first-order valence-electron chi connectivity index (χ1n) is 32.7. The molecule has 0 heterocycles. The maximum Gasteiger partial charge on any atom is 0.306 e. The van der Waals surface area contributed by atoms with Crippen molar-refractivity contribution >= 4 is 17.9 Å². The Labute approximate surface area is 487 Å². The Morgan fingerprint density at radius 3 is 0.823 bits per heavy atom. The standard InChI is InChI=1S/C73H120O6/c1-4-7-10-13-16-19-22-25-28-30-31-32-33-34-35-36-37-38-39-40-41-43-45-48-51-54-57-60-63-66-72(75)78-69-70(68-77-71(74)65-62-59-56-53-50-47-44-27-24-21-18-15-12-9-6-3)79-73(76)67-64-61-58-55-52-49-46-42-29-26-23-20-17-14-11-8-5-2/h7-8,10-11,16-17,19-20,25-29,31-32,34-35,44,46,49,55,58,70H,4-6,9,12-15,18,21-24,30,33,36-43,45,47-48,50-54,56-57,59-69H2,1-3H3/b10-7-,11-8-,19-16-,20-17-,28-25-,29-26-,32-31-,35-34-,44-27-,49-46-,58-55-. The van der Waals surface area contributed by atoms with Crippen LogP contribution in [-0.2, 0) is 28.6 Å². The maximum absolute atomic E-state index is 12.9. The highest BCUT2D eigenvalue weighted by molar-refractivity contribution is 5.71. The summed E-state index contributed by atoms with van der Waals surface area (Å²) in [6.45, 7) is 6.36. The summed E-state index contributed by atoms with van der Waals surface area (Å²) in [6, 6.07) is 0. The summed E-state index contributed by atoms with van der Waals surface area (Å²) in [6.07, 6.45) is 93.3. The highest BCUT2D eigenvalue weighted by Gasteiger charge is 2.19. The molecule has 0 aromatic rings. The first-order valence-corrected chi connectivity index (χ1v) is 32.7. The van der Waals surface area contributed by atoms with E-state index in [1.54, 1.807) is 0 Å². The lowest BCUT2D eigenvalue weighted by molar-refractivity contribution is -0.167. The second kappa shape index (κ2) is 66.1. The molecule has 0 spiro atoms. The fraction of sp³-hybridized carbons (Fsp3) is 0.658. The molecule has 0 amide bonds. The number of esters is 3. The van der Waals surface area contributed by atoms with Crippen LogP contribution in [0.1, 0.15) is 290 Å². The smallest absolute Gasteiger partial charge is 0.306 e. The summed E-state index contributed by atoms with van der Waals surface area (Å²) >= 11 is 0. The number of carbonyl (C=O) groups is 3. The predicted molar refractivity (Wildman–Crippen MR) is 343 cm³/mol. The van der Waals surface area contributed by atoms with Gasteiger partial charge in [0.2, 0.25) is 0 Å². The van der Waals surface area contributed by atoms with Gasteiger partial charge in [-0.2, -0.15) is 0 Å². The van der Waals surface area contributed by atoms with Gasteiger partial charge in [0.1, 0.15) is 13.2 Å². The average Bonchev–Trinajstić information content (AvgIpc) is 3.45. The molecular weight excluding hydrogens is 973 g/mol. The minimum absolute atomic E-state index is 0.106.